The van der Waals surface area contributed by atoms with Crippen LogP contribution in [0.2, 0.25) is 0 Å². The van der Waals surface area contributed by atoms with E-state index in [-0.39, 0.29) is 17.9 Å². The largest absolute Gasteiger partial charge is 0.444 e. The van der Waals surface area contributed by atoms with Gasteiger partial charge in [0.2, 0.25) is 5.91 Å². The van der Waals surface area contributed by atoms with Gasteiger partial charge in [-0.25, -0.2) is 4.79 Å². The van der Waals surface area contributed by atoms with Crippen LogP contribution in [0.4, 0.5) is 4.79 Å². The van der Waals surface area contributed by atoms with Crippen LogP contribution in [-0.2, 0) is 16.0 Å². The molecule has 1 saturated heterocycles. The first-order chi connectivity index (χ1) is 14.9. The zero-order chi connectivity index (χ0) is 24.1. The molecule has 1 aliphatic heterocycles. The van der Waals surface area contributed by atoms with Gasteiger partial charge in [0.15, 0.2) is 0 Å². The average Bonchev–Trinajstić information content (AvgIpc) is 2.68. The van der Waals surface area contributed by atoms with Gasteiger partial charge in [-0.2, -0.15) is 5.26 Å². The molecule has 0 saturated carbocycles. The van der Waals surface area contributed by atoms with Gasteiger partial charge in [0.05, 0.1) is 6.07 Å². The van der Waals surface area contributed by atoms with Gasteiger partial charge in [0.25, 0.3) is 0 Å². The molecule has 0 aliphatic carbocycles. The zero-order valence-corrected chi connectivity index (χ0v) is 20.4. The number of benzene rings is 1. The molecular weight excluding hydrogens is 402 g/mol. The zero-order valence-electron chi connectivity index (χ0n) is 20.4. The molecule has 1 aromatic carbocycles. The third-order valence-corrected chi connectivity index (χ3v) is 5.57. The molecule has 1 heterocycles. The van der Waals surface area contributed by atoms with Gasteiger partial charge in [-0.1, -0.05) is 42.8 Å². The van der Waals surface area contributed by atoms with Crippen LogP contribution in [0, 0.1) is 17.2 Å². The van der Waals surface area contributed by atoms with Crippen LogP contribution in [0.3, 0.4) is 0 Å². The minimum absolute atomic E-state index is 0.0265. The summed E-state index contributed by atoms with van der Waals surface area (Å²) in [7, 11) is 0. The van der Waals surface area contributed by atoms with E-state index in [1.807, 2.05) is 72.7 Å². The van der Waals surface area contributed by atoms with Gasteiger partial charge in [-0.15, -0.1) is 0 Å². The van der Waals surface area contributed by atoms with Crippen molar-refractivity contribution in [1.82, 2.24) is 10.2 Å². The number of piperidine rings is 1. The van der Waals surface area contributed by atoms with Crippen LogP contribution in [-0.4, -0.2) is 40.6 Å². The molecule has 0 bridgehead atoms. The number of hydrogen-bond donors (Lipinski definition) is 1. The monoisotopic (exact) mass is 439 g/mol. The Hall–Kier alpha value is -2.81. The smallest absolute Gasteiger partial charge is 0.411 e. The number of amides is 2. The fraction of sp³-hybridized carbons (Fsp3) is 0.577. The van der Waals surface area contributed by atoms with E-state index in [0.717, 1.165) is 24.0 Å². The SMILES string of the molecule is CC(C)=Cc1ccc(C[C@@H](C#N)NC(=O)[C@@H]2[C@H](C)CC[C@H](C)N2C(=O)OC(C)(C)C)cc1. The second-order valence-corrected chi connectivity index (χ2v) is 10.1. The molecule has 1 fully saturated rings. The maximum atomic E-state index is 13.3. The van der Waals surface area contributed by atoms with E-state index in [1.54, 1.807) is 4.90 Å². The summed E-state index contributed by atoms with van der Waals surface area (Å²) in [5, 5.41) is 12.5. The van der Waals surface area contributed by atoms with Gasteiger partial charge in [-0.05, 0) is 71.4 Å². The Morgan fingerprint density at radius 3 is 2.38 bits per heavy atom. The Kier molecular flexibility index (Phi) is 8.49. The summed E-state index contributed by atoms with van der Waals surface area (Å²) in [6.45, 7) is 13.4. The molecule has 6 heteroatoms. The minimum atomic E-state index is -0.679. The van der Waals surface area contributed by atoms with Gasteiger partial charge >= 0.3 is 6.09 Å². The predicted octanol–water partition coefficient (Wildman–Crippen LogP) is 5.08. The van der Waals surface area contributed by atoms with Crippen molar-refractivity contribution in [2.45, 2.75) is 91.5 Å². The summed E-state index contributed by atoms with van der Waals surface area (Å²) in [5.41, 5.74) is 2.64. The molecule has 1 N–H and O–H groups in total. The molecule has 4 atom stereocenters. The molecule has 2 rings (SSSR count). The molecule has 0 aromatic heterocycles. The van der Waals surface area contributed by atoms with Crippen LogP contribution in [0.25, 0.3) is 6.08 Å². The van der Waals surface area contributed by atoms with Gasteiger partial charge in [0.1, 0.15) is 17.7 Å². The first kappa shape index (κ1) is 25.5. The number of allylic oxidation sites excluding steroid dienone is 1. The van der Waals surface area contributed by atoms with Crippen molar-refractivity contribution >= 4 is 18.1 Å². The number of nitrogens with zero attached hydrogens (tertiary/aromatic N) is 2. The lowest BCUT2D eigenvalue weighted by Gasteiger charge is -2.43. The fourth-order valence-electron chi connectivity index (χ4n) is 4.05. The lowest BCUT2D eigenvalue weighted by molar-refractivity contribution is -0.131. The molecular formula is C26H37N3O3. The van der Waals surface area contributed by atoms with Gasteiger partial charge in [-0.3, -0.25) is 9.69 Å². The molecule has 0 unspecified atom stereocenters. The maximum Gasteiger partial charge on any atom is 0.411 e. The number of nitrogens with one attached hydrogen (secondary N) is 1. The summed E-state index contributed by atoms with van der Waals surface area (Å²) in [6, 6.07) is 8.71. The fourth-order valence-corrected chi connectivity index (χ4v) is 4.05. The Bertz CT molecular complexity index is 873. The van der Waals surface area contributed by atoms with Crippen LogP contribution in [0.5, 0.6) is 0 Å². The second kappa shape index (κ2) is 10.7. The standard InChI is InChI=1S/C26H37N3O3/c1-17(2)14-20-10-12-21(13-11-20)15-22(16-27)28-24(30)23-18(3)8-9-19(4)29(23)25(31)32-26(5,6)7/h10-14,18-19,22-23H,8-9,15H2,1-7H3,(H,28,30)/t18-,19+,22+,23+/m1/s1. The van der Waals surface area contributed by atoms with Crippen molar-refractivity contribution in [2.24, 2.45) is 5.92 Å². The highest BCUT2D eigenvalue weighted by molar-refractivity contribution is 5.87. The lowest BCUT2D eigenvalue weighted by atomic mass is 9.86. The number of hydrogen-bond acceptors (Lipinski definition) is 4. The van der Waals surface area contributed by atoms with Crippen LogP contribution in [0.1, 0.15) is 72.4 Å². The average molecular weight is 440 g/mol. The third-order valence-electron chi connectivity index (χ3n) is 5.57. The van der Waals surface area contributed by atoms with Crippen molar-refractivity contribution in [2.75, 3.05) is 0 Å². The molecule has 0 radical (unpaired) electrons. The lowest BCUT2D eigenvalue weighted by Crippen LogP contribution is -2.60. The van der Waals surface area contributed by atoms with Crippen molar-refractivity contribution in [3.8, 4) is 6.07 Å². The number of nitriles is 1. The van der Waals surface area contributed by atoms with Gasteiger partial charge in [0, 0.05) is 12.5 Å². The highest BCUT2D eigenvalue weighted by Gasteiger charge is 2.42. The predicted molar refractivity (Wildman–Crippen MR) is 127 cm³/mol. The van der Waals surface area contributed by atoms with E-state index in [9.17, 15) is 14.9 Å². The Morgan fingerprint density at radius 2 is 1.84 bits per heavy atom. The molecule has 1 aliphatic rings. The van der Waals surface area contributed by atoms with Crippen molar-refractivity contribution in [1.29, 1.82) is 5.26 Å². The molecule has 6 nitrogen and oxygen atoms in total. The first-order valence-electron chi connectivity index (χ1n) is 11.4. The van der Waals surface area contributed by atoms with Crippen molar-refractivity contribution in [3.05, 3.63) is 41.0 Å². The highest BCUT2D eigenvalue weighted by atomic mass is 16.6. The molecule has 174 valence electrons. The Balaban J connectivity index is 2.14. The summed E-state index contributed by atoms with van der Waals surface area (Å²) in [5.74, 6) is -0.330. The topological polar surface area (TPSA) is 82.4 Å². The summed E-state index contributed by atoms with van der Waals surface area (Å²) >= 11 is 0. The molecule has 0 spiro atoms. The number of carbonyl (C=O) groups excluding carboxylic acids is 2. The van der Waals surface area contributed by atoms with Crippen molar-refractivity contribution < 1.29 is 14.3 Å². The molecule has 32 heavy (non-hydrogen) atoms. The number of carbonyl (C=O) groups is 2. The Morgan fingerprint density at radius 1 is 1.22 bits per heavy atom. The Labute approximate surface area is 192 Å². The van der Waals surface area contributed by atoms with E-state index in [2.05, 4.69) is 17.5 Å². The quantitative estimate of drug-likeness (QED) is 0.693. The van der Waals surface area contributed by atoms with E-state index >= 15 is 0 Å². The van der Waals surface area contributed by atoms with Crippen LogP contribution in [0.15, 0.2) is 29.8 Å². The number of likely N-dealkylation sites (tertiary alicyclic amines) is 1. The van der Waals surface area contributed by atoms with E-state index in [4.69, 9.17) is 4.74 Å². The molecule has 2 amide bonds. The van der Waals surface area contributed by atoms with Crippen LogP contribution >= 0.6 is 0 Å². The summed E-state index contributed by atoms with van der Waals surface area (Å²) < 4.78 is 5.58. The summed E-state index contributed by atoms with van der Waals surface area (Å²) in [6.07, 6.45) is 3.65. The number of rotatable bonds is 5. The normalized spacial score (nSPS) is 21.8. The summed E-state index contributed by atoms with van der Waals surface area (Å²) in [4.78, 5) is 27.7. The van der Waals surface area contributed by atoms with Crippen molar-refractivity contribution in [3.63, 3.8) is 0 Å². The second-order valence-electron chi connectivity index (χ2n) is 10.1. The van der Waals surface area contributed by atoms with Crippen LogP contribution < -0.4 is 5.32 Å². The molecule has 1 aromatic rings. The van der Waals surface area contributed by atoms with E-state index < -0.39 is 23.8 Å². The third kappa shape index (κ3) is 7.12. The van der Waals surface area contributed by atoms with Gasteiger partial charge < -0.3 is 10.1 Å². The first-order valence-corrected chi connectivity index (χ1v) is 11.4. The van der Waals surface area contributed by atoms with E-state index in [1.165, 1.54) is 5.57 Å². The highest BCUT2D eigenvalue weighted by Crippen LogP contribution is 2.30. The maximum absolute atomic E-state index is 13.3. The van der Waals surface area contributed by atoms with E-state index in [0.29, 0.717) is 6.42 Å². The minimum Gasteiger partial charge on any atom is -0.444 e. The number of ether oxygens (including phenoxy) is 1.